The molecule has 3 heterocycles. The average molecular weight is 467 g/mol. The summed E-state index contributed by atoms with van der Waals surface area (Å²) in [7, 11) is 1.66. The molecule has 3 aromatic heterocycles. The van der Waals surface area contributed by atoms with Crippen molar-refractivity contribution in [3.8, 4) is 11.7 Å². The highest BCUT2D eigenvalue weighted by Crippen LogP contribution is 2.27. The Morgan fingerprint density at radius 2 is 2.00 bits per heavy atom. The number of nitrogens with zero attached hydrogens (tertiary/aromatic N) is 5. The lowest BCUT2D eigenvalue weighted by molar-refractivity contribution is -0.120. The van der Waals surface area contributed by atoms with Gasteiger partial charge in [0.25, 0.3) is 11.5 Å². The molecule has 1 N–H and O–H groups in total. The maximum absolute atomic E-state index is 12.6. The number of aryl methyl sites for hydroxylation is 3. The normalized spacial score (nSPS) is 11.1. The maximum atomic E-state index is 12.6. The second kappa shape index (κ2) is 9.03. The van der Waals surface area contributed by atoms with E-state index < -0.39 is 0 Å². The first kappa shape index (κ1) is 22.5. The molecule has 0 amide bonds. The van der Waals surface area contributed by atoms with Gasteiger partial charge in [0.2, 0.25) is 0 Å². The standard InChI is InChI=1S/C23H23ClN6O3/c1-5-17(31)12-33-20-10-15-9-16(6-7-19(15)29(4)22(20)32)26-21-18(24)11-25-23(27-21)30-14(3)8-13(2)28-30/h6-11H,5,12H2,1-4H3,(H,25,26,27). The fraction of sp³-hybridized carbons (Fsp3) is 0.261. The minimum absolute atomic E-state index is 0.0793. The number of fused-ring (bicyclic) bond motifs is 1. The molecule has 0 bridgehead atoms. The molecule has 0 fully saturated rings. The number of hydrogen-bond donors (Lipinski definition) is 1. The van der Waals surface area contributed by atoms with Crippen LogP contribution in [0.2, 0.25) is 5.02 Å². The number of hydrogen-bond acceptors (Lipinski definition) is 7. The summed E-state index contributed by atoms with van der Waals surface area (Å²) in [5, 5.41) is 8.73. The summed E-state index contributed by atoms with van der Waals surface area (Å²) in [6, 6.07) is 9.06. The van der Waals surface area contributed by atoms with Gasteiger partial charge < -0.3 is 14.6 Å². The van der Waals surface area contributed by atoms with Crippen LogP contribution in [0.1, 0.15) is 24.7 Å². The third kappa shape index (κ3) is 4.58. The topological polar surface area (TPSA) is 104 Å². The van der Waals surface area contributed by atoms with Crippen LogP contribution in [0.4, 0.5) is 11.5 Å². The molecule has 0 aliphatic heterocycles. The van der Waals surface area contributed by atoms with E-state index in [4.69, 9.17) is 16.3 Å². The van der Waals surface area contributed by atoms with Crippen molar-refractivity contribution in [1.82, 2.24) is 24.3 Å². The van der Waals surface area contributed by atoms with Crippen LogP contribution in [0.5, 0.6) is 5.75 Å². The summed E-state index contributed by atoms with van der Waals surface area (Å²) in [6.45, 7) is 5.44. The van der Waals surface area contributed by atoms with E-state index in [2.05, 4.69) is 20.4 Å². The van der Waals surface area contributed by atoms with Crippen LogP contribution < -0.4 is 15.6 Å². The van der Waals surface area contributed by atoms with Gasteiger partial charge >= 0.3 is 0 Å². The van der Waals surface area contributed by atoms with Gasteiger partial charge in [-0.05, 0) is 44.2 Å². The predicted octanol–water partition coefficient (Wildman–Crippen LogP) is 3.89. The van der Waals surface area contributed by atoms with Crippen molar-refractivity contribution in [2.75, 3.05) is 11.9 Å². The second-order valence-electron chi connectivity index (χ2n) is 7.66. The van der Waals surface area contributed by atoms with E-state index in [9.17, 15) is 9.59 Å². The van der Waals surface area contributed by atoms with E-state index >= 15 is 0 Å². The Hall–Kier alpha value is -3.72. The molecule has 0 aliphatic rings. The van der Waals surface area contributed by atoms with Crippen LogP contribution in [0, 0.1) is 13.8 Å². The third-order valence-electron chi connectivity index (χ3n) is 5.17. The molecule has 4 rings (SSSR count). The first-order valence-electron chi connectivity index (χ1n) is 10.4. The Labute approximate surface area is 195 Å². The highest BCUT2D eigenvalue weighted by molar-refractivity contribution is 6.32. The lowest BCUT2D eigenvalue weighted by Gasteiger charge is -2.13. The highest BCUT2D eigenvalue weighted by atomic mass is 35.5. The predicted molar refractivity (Wildman–Crippen MR) is 127 cm³/mol. The van der Waals surface area contributed by atoms with Crippen LogP contribution in [0.3, 0.4) is 0 Å². The number of pyridine rings is 1. The number of carbonyl (C=O) groups is 1. The van der Waals surface area contributed by atoms with Gasteiger partial charge in [0.05, 0.1) is 17.4 Å². The summed E-state index contributed by atoms with van der Waals surface area (Å²) in [5.41, 5.74) is 2.88. The van der Waals surface area contributed by atoms with Crippen molar-refractivity contribution >= 4 is 39.8 Å². The SMILES string of the molecule is CCC(=O)COc1cc2cc(Nc3nc(-n4nc(C)cc4C)ncc3Cl)ccc2n(C)c1=O. The Balaban J connectivity index is 1.68. The number of nitrogens with one attached hydrogen (secondary N) is 1. The number of carbonyl (C=O) groups excluding carboxylic acids is 1. The maximum Gasteiger partial charge on any atom is 0.293 e. The molecule has 0 saturated heterocycles. The molecule has 170 valence electrons. The van der Waals surface area contributed by atoms with Gasteiger partial charge in [-0.2, -0.15) is 10.1 Å². The van der Waals surface area contributed by atoms with Gasteiger partial charge in [-0.1, -0.05) is 18.5 Å². The van der Waals surface area contributed by atoms with E-state index in [1.807, 2.05) is 38.1 Å². The quantitative estimate of drug-likeness (QED) is 0.440. The molecule has 9 nitrogen and oxygen atoms in total. The summed E-state index contributed by atoms with van der Waals surface area (Å²) in [6.07, 6.45) is 1.87. The number of anilines is 2. The number of ether oxygens (including phenoxy) is 1. The van der Waals surface area contributed by atoms with Gasteiger partial charge in [0, 0.05) is 30.2 Å². The summed E-state index contributed by atoms with van der Waals surface area (Å²) in [4.78, 5) is 33.0. The molecule has 0 unspecified atom stereocenters. The molecule has 33 heavy (non-hydrogen) atoms. The summed E-state index contributed by atoms with van der Waals surface area (Å²) in [5.74, 6) is 0.857. The first-order chi connectivity index (χ1) is 15.8. The molecular weight excluding hydrogens is 444 g/mol. The summed E-state index contributed by atoms with van der Waals surface area (Å²) >= 11 is 6.34. The monoisotopic (exact) mass is 466 g/mol. The number of rotatable bonds is 7. The van der Waals surface area contributed by atoms with Gasteiger partial charge in [0.1, 0.15) is 11.6 Å². The van der Waals surface area contributed by atoms with E-state index in [-0.39, 0.29) is 23.7 Å². The minimum atomic E-state index is -0.305. The van der Waals surface area contributed by atoms with Gasteiger partial charge in [0.15, 0.2) is 17.4 Å². The second-order valence-corrected chi connectivity index (χ2v) is 8.06. The first-order valence-corrected chi connectivity index (χ1v) is 10.8. The molecule has 0 atom stereocenters. The molecule has 0 spiro atoms. The molecule has 1 aromatic carbocycles. The fourth-order valence-corrected chi connectivity index (χ4v) is 3.55. The Kier molecular flexibility index (Phi) is 6.15. The van der Waals surface area contributed by atoms with E-state index in [0.717, 1.165) is 22.3 Å². The van der Waals surface area contributed by atoms with Gasteiger partial charge in [-0.25, -0.2) is 9.67 Å². The Morgan fingerprint density at radius 3 is 2.70 bits per heavy atom. The van der Waals surface area contributed by atoms with Crippen molar-refractivity contribution in [2.45, 2.75) is 27.2 Å². The number of halogens is 1. The fourth-order valence-electron chi connectivity index (χ4n) is 3.41. The largest absolute Gasteiger partial charge is 0.480 e. The van der Waals surface area contributed by atoms with Crippen molar-refractivity contribution in [2.24, 2.45) is 7.05 Å². The van der Waals surface area contributed by atoms with Crippen molar-refractivity contribution in [1.29, 1.82) is 0 Å². The van der Waals surface area contributed by atoms with E-state index in [1.54, 1.807) is 24.7 Å². The van der Waals surface area contributed by atoms with E-state index in [0.29, 0.717) is 28.9 Å². The molecule has 0 saturated carbocycles. The van der Waals surface area contributed by atoms with Crippen LogP contribution >= 0.6 is 11.6 Å². The molecule has 0 radical (unpaired) electrons. The third-order valence-corrected chi connectivity index (χ3v) is 5.44. The molecule has 0 aliphatic carbocycles. The van der Waals surface area contributed by atoms with Crippen LogP contribution in [-0.4, -0.2) is 36.7 Å². The van der Waals surface area contributed by atoms with Crippen LogP contribution in [-0.2, 0) is 11.8 Å². The van der Waals surface area contributed by atoms with Gasteiger partial charge in [-0.15, -0.1) is 0 Å². The van der Waals surface area contributed by atoms with Gasteiger partial charge in [-0.3, -0.25) is 9.59 Å². The lowest BCUT2D eigenvalue weighted by atomic mass is 10.2. The van der Waals surface area contributed by atoms with Crippen molar-refractivity contribution < 1.29 is 9.53 Å². The highest BCUT2D eigenvalue weighted by Gasteiger charge is 2.13. The zero-order chi connectivity index (χ0) is 23.7. The van der Waals surface area contributed by atoms with Crippen LogP contribution in [0.15, 0.2) is 41.3 Å². The molecule has 10 heteroatoms. The Morgan fingerprint density at radius 1 is 1.21 bits per heavy atom. The minimum Gasteiger partial charge on any atom is -0.480 e. The molecular formula is C23H23ClN6O3. The van der Waals surface area contributed by atoms with E-state index in [1.165, 1.54) is 10.8 Å². The van der Waals surface area contributed by atoms with Crippen molar-refractivity contribution in [3.63, 3.8) is 0 Å². The number of benzene rings is 1. The molecule has 4 aromatic rings. The van der Waals surface area contributed by atoms with Crippen molar-refractivity contribution in [3.05, 3.63) is 63.3 Å². The smallest absolute Gasteiger partial charge is 0.293 e. The average Bonchev–Trinajstić information content (AvgIpc) is 3.14. The number of Topliss-reactive ketones (excluding diaryl/α,β-unsaturated/α-hetero) is 1. The van der Waals surface area contributed by atoms with Crippen LogP contribution in [0.25, 0.3) is 16.9 Å². The zero-order valence-corrected chi connectivity index (χ0v) is 19.5. The zero-order valence-electron chi connectivity index (χ0n) is 18.7. The number of ketones is 1. The lowest BCUT2D eigenvalue weighted by Crippen LogP contribution is -2.21. The Bertz CT molecular complexity index is 1430. The summed E-state index contributed by atoms with van der Waals surface area (Å²) < 4.78 is 8.62. The number of aromatic nitrogens is 5.